The maximum Gasteiger partial charge on any atom is 0.331 e. The Kier molecular flexibility index (Phi) is 2.57. The number of nitrogens with one attached hydrogen (secondary N) is 1. The molecule has 0 saturated heterocycles. The number of hydrogen-bond donors (Lipinski definition) is 1. The van der Waals surface area contributed by atoms with E-state index < -0.39 is 0 Å². The van der Waals surface area contributed by atoms with E-state index in [0.717, 1.165) is 16.6 Å². The summed E-state index contributed by atoms with van der Waals surface area (Å²) in [5.41, 5.74) is 1.62. The summed E-state index contributed by atoms with van der Waals surface area (Å²) in [6, 6.07) is 18.7. The molecular weight excluding hydrogens is 224 g/mol. The lowest BCUT2D eigenvalue weighted by Crippen LogP contribution is -2.18. The van der Waals surface area contributed by atoms with Gasteiger partial charge in [-0.15, -0.1) is 0 Å². The van der Waals surface area contributed by atoms with E-state index in [1.165, 1.54) is 4.57 Å². The number of fused-ring (bicyclic) bond motifs is 1. The van der Waals surface area contributed by atoms with Crippen molar-refractivity contribution in [1.29, 1.82) is 0 Å². The van der Waals surface area contributed by atoms with Gasteiger partial charge in [-0.2, -0.15) is 0 Å². The molecule has 3 aromatic rings. The molecule has 1 amide bonds. The maximum absolute atomic E-state index is 12.1. The third kappa shape index (κ3) is 1.86. The first-order valence-corrected chi connectivity index (χ1v) is 5.69. The van der Waals surface area contributed by atoms with Crippen molar-refractivity contribution in [3.05, 3.63) is 66.9 Å². The van der Waals surface area contributed by atoms with Crippen molar-refractivity contribution in [3.63, 3.8) is 0 Å². The quantitative estimate of drug-likeness (QED) is 0.688. The third-order valence-electron chi connectivity index (χ3n) is 2.75. The molecule has 18 heavy (non-hydrogen) atoms. The Labute approximate surface area is 105 Å². The van der Waals surface area contributed by atoms with Crippen LogP contribution in [0.4, 0.5) is 10.5 Å². The number of amides is 1. The molecule has 0 bridgehead atoms. The Bertz CT molecular complexity index is 686. The maximum atomic E-state index is 12.1. The minimum Gasteiger partial charge on any atom is -0.307 e. The average Bonchev–Trinajstić information content (AvgIpc) is 2.84. The lowest BCUT2D eigenvalue weighted by molar-refractivity contribution is 0.254. The van der Waals surface area contributed by atoms with Crippen LogP contribution >= 0.6 is 0 Å². The summed E-state index contributed by atoms with van der Waals surface area (Å²) in [6.45, 7) is 0. The Hall–Kier alpha value is -2.55. The number of benzene rings is 2. The molecule has 3 heteroatoms. The van der Waals surface area contributed by atoms with Crippen molar-refractivity contribution >= 4 is 22.6 Å². The zero-order valence-corrected chi connectivity index (χ0v) is 9.63. The van der Waals surface area contributed by atoms with Crippen molar-refractivity contribution < 1.29 is 4.79 Å². The molecule has 0 aliphatic carbocycles. The van der Waals surface area contributed by atoms with Crippen LogP contribution in [0, 0.1) is 6.20 Å². The molecule has 1 heterocycles. The van der Waals surface area contributed by atoms with Gasteiger partial charge >= 0.3 is 6.03 Å². The van der Waals surface area contributed by atoms with E-state index in [9.17, 15) is 4.79 Å². The van der Waals surface area contributed by atoms with Crippen molar-refractivity contribution in [2.24, 2.45) is 0 Å². The van der Waals surface area contributed by atoms with Gasteiger partial charge in [0.15, 0.2) is 0 Å². The molecule has 2 aromatic carbocycles. The van der Waals surface area contributed by atoms with Crippen molar-refractivity contribution in [3.8, 4) is 0 Å². The minimum atomic E-state index is -0.206. The van der Waals surface area contributed by atoms with Gasteiger partial charge in [-0.05, 0) is 24.3 Å². The predicted octanol–water partition coefficient (Wildman–Crippen LogP) is 3.52. The number of anilines is 1. The molecule has 0 fully saturated rings. The van der Waals surface area contributed by atoms with Crippen molar-refractivity contribution in [2.75, 3.05) is 5.32 Å². The minimum absolute atomic E-state index is 0.206. The summed E-state index contributed by atoms with van der Waals surface area (Å²) in [4.78, 5) is 12.1. The summed E-state index contributed by atoms with van der Waals surface area (Å²) in [5.74, 6) is 0. The fourth-order valence-corrected chi connectivity index (χ4v) is 1.89. The van der Waals surface area contributed by atoms with Crippen molar-refractivity contribution in [1.82, 2.24) is 4.57 Å². The first kappa shape index (κ1) is 10.6. The molecule has 0 unspecified atom stereocenters. The van der Waals surface area contributed by atoms with E-state index in [1.54, 1.807) is 6.07 Å². The molecule has 1 N–H and O–H groups in total. The second kappa shape index (κ2) is 4.37. The number of hydrogen-bond acceptors (Lipinski definition) is 1. The number of rotatable bonds is 1. The summed E-state index contributed by atoms with van der Waals surface area (Å²) in [7, 11) is 0. The highest BCUT2D eigenvalue weighted by molar-refractivity contribution is 5.98. The van der Waals surface area contributed by atoms with E-state index >= 15 is 0 Å². The summed E-state index contributed by atoms with van der Waals surface area (Å²) in [6.07, 6.45) is 2.94. The topological polar surface area (TPSA) is 34.0 Å². The van der Waals surface area contributed by atoms with Crippen LogP contribution in [0.15, 0.2) is 60.7 Å². The molecule has 0 saturated carbocycles. The highest BCUT2D eigenvalue weighted by Crippen LogP contribution is 2.15. The van der Waals surface area contributed by atoms with Gasteiger partial charge in [0, 0.05) is 11.1 Å². The molecule has 3 nitrogen and oxygen atoms in total. The van der Waals surface area contributed by atoms with Crippen molar-refractivity contribution in [2.45, 2.75) is 0 Å². The molecule has 1 radical (unpaired) electrons. The molecule has 0 spiro atoms. The fraction of sp³-hybridized carbons (Fsp3) is 0. The number of carbonyl (C=O) groups excluding carboxylic acids is 1. The van der Waals surface area contributed by atoms with E-state index in [-0.39, 0.29) is 6.03 Å². The average molecular weight is 235 g/mol. The Morgan fingerprint density at radius 3 is 2.56 bits per heavy atom. The molecule has 0 atom stereocenters. The number of nitrogens with zero attached hydrogens (tertiary/aromatic N) is 1. The lowest BCUT2D eigenvalue weighted by atomic mass is 10.2. The van der Waals surface area contributed by atoms with Gasteiger partial charge in [0.25, 0.3) is 0 Å². The first-order chi connectivity index (χ1) is 8.84. The van der Waals surface area contributed by atoms with Crippen LogP contribution in [0.2, 0.25) is 0 Å². The van der Waals surface area contributed by atoms with Gasteiger partial charge in [-0.25, -0.2) is 4.79 Å². The Morgan fingerprint density at radius 2 is 1.72 bits per heavy atom. The lowest BCUT2D eigenvalue weighted by Gasteiger charge is -2.06. The summed E-state index contributed by atoms with van der Waals surface area (Å²) < 4.78 is 1.49. The monoisotopic (exact) mass is 235 g/mol. The van der Waals surface area contributed by atoms with E-state index in [0.29, 0.717) is 0 Å². The van der Waals surface area contributed by atoms with Gasteiger partial charge in [0.2, 0.25) is 0 Å². The van der Waals surface area contributed by atoms with Gasteiger partial charge in [-0.3, -0.25) is 4.57 Å². The standard InChI is InChI=1S/C15H11N2O/c18-15(16-13-7-2-1-3-8-13)17-11-10-12-6-4-5-9-14(12)17/h1-10H,(H,16,18). The second-order valence-electron chi connectivity index (χ2n) is 3.96. The summed E-state index contributed by atoms with van der Waals surface area (Å²) in [5, 5.41) is 3.83. The zero-order chi connectivity index (χ0) is 12.4. The molecule has 87 valence electrons. The fourth-order valence-electron chi connectivity index (χ4n) is 1.89. The van der Waals surface area contributed by atoms with E-state index in [2.05, 4.69) is 11.5 Å². The second-order valence-corrected chi connectivity index (χ2v) is 3.96. The Balaban J connectivity index is 1.93. The van der Waals surface area contributed by atoms with E-state index in [1.807, 2.05) is 54.6 Å². The van der Waals surface area contributed by atoms with E-state index in [4.69, 9.17) is 0 Å². The van der Waals surface area contributed by atoms with Crippen LogP contribution < -0.4 is 5.32 Å². The largest absolute Gasteiger partial charge is 0.331 e. The summed E-state index contributed by atoms with van der Waals surface area (Å²) >= 11 is 0. The number of aromatic nitrogens is 1. The number of para-hydroxylation sites is 2. The Morgan fingerprint density at radius 1 is 1.00 bits per heavy atom. The molecule has 0 aliphatic rings. The van der Waals surface area contributed by atoms with Crippen LogP contribution in [-0.2, 0) is 0 Å². The van der Waals surface area contributed by atoms with Gasteiger partial charge < -0.3 is 5.32 Å². The van der Waals surface area contributed by atoms with Crippen LogP contribution in [0.1, 0.15) is 0 Å². The predicted molar refractivity (Wildman–Crippen MR) is 71.6 cm³/mol. The van der Waals surface area contributed by atoms with Crippen LogP contribution in [0.5, 0.6) is 0 Å². The van der Waals surface area contributed by atoms with Crippen LogP contribution in [0.3, 0.4) is 0 Å². The van der Waals surface area contributed by atoms with Crippen LogP contribution in [-0.4, -0.2) is 10.6 Å². The normalized spacial score (nSPS) is 10.4. The first-order valence-electron chi connectivity index (χ1n) is 5.69. The van der Waals surface area contributed by atoms with Gasteiger partial charge in [0.1, 0.15) is 0 Å². The van der Waals surface area contributed by atoms with Gasteiger partial charge in [-0.1, -0.05) is 36.4 Å². The van der Waals surface area contributed by atoms with Gasteiger partial charge in [0.05, 0.1) is 11.7 Å². The molecular formula is C15H11N2O. The SMILES string of the molecule is O=C(Nc1ccccc1)n1[c]cc2ccccc21. The third-order valence-corrected chi connectivity index (χ3v) is 2.75. The van der Waals surface area contributed by atoms with Crippen LogP contribution in [0.25, 0.3) is 10.9 Å². The number of carbonyl (C=O) groups is 1. The molecule has 1 aromatic heterocycles. The molecule has 3 rings (SSSR count). The zero-order valence-electron chi connectivity index (χ0n) is 9.63. The highest BCUT2D eigenvalue weighted by Gasteiger charge is 2.08. The molecule has 0 aliphatic heterocycles. The highest BCUT2D eigenvalue weighted by atomic mass is 16.2. The smallest absolute Gasteiger partial charge is 0.307 e.